The van der Waals surface area contributed by atoms with Gasteiger partial charge >= 0.3 is 5.97 Å². The van der Waals surface area contributed by atoms with E-state index in [0.717, 1.165) is 48.1 Å². The first kappa shape index (κ1) is 30.6. The lowest BCUT2D eigenvalue weighted by Gasteiger charge is -2.29. The second-order valence-corrected chi connectivity index (χ2v) is 11.2. The molecule has 3 N–H and O–H groups in total. The highest BCUT2D eigenvalue weighted by molar-refractivity contribution is 6.03. The number of anilines is 4. The fourth-order valence-corrected chi connectivity index (χ4v) is 5.52. The van der Waals surface area contributed by atoms with Crippen LogP contribution in [0.15, 0.2) is 61.4 Å². The number of ether oxygens (including phenoxy) is 2. The third kappa shape index (κ3) is 6.52. The van der Waals surface area contributed by atoms with E-state index in [1.807, 2.05) is 43.6 Å². The molecule has 1 aliphatic rings. The Morgan fingerprint density at radius 2 is 2.05 bits per heavy atom. The lowest BCUT2D eigenvalue weighted by molar-refractivity contribution is -0.111. The second kappa shape index (κ2) is 13.2. The monoisotopic (exact) mass is 597 g/mol. The molecule has 1 atom stereocenters. The van der Waals surface area contributed by atoms with Crippen molar-refractivity contribution >= 4 is 45.8 Å². The molecule has 230 valence electrons. The van der Waals surface area contributed by atoms with Gasteiger partial charge in [0.15, 0.2) is 0 Å². The van der Waals surface area contributed by atoms with Gasteiger partial charge in [-0.15, -0.1) is 0 Å². The molecule has 2 aromatic carbocycles. The minimum Gasteiger partial charge on any atom is -0.494 e. The maximum Gasteiger partial charge on any atom is 0.342 e. The number of H-pyrrole nitrogens is 1. The summed E-state index contributed by atoms with van der Waals surface area (Å²) in [6, 6.07) is 11.9. The van der Waals surface area contributed by atoms with Crippen molar-refractivity contribution in [3.8, 4) is 17.0 Å². The minimum absolute atomic E-state index is 0.236. The summed E-state index contributed by atoms with van der Waals surface area (Å²) in [4.78, 5) is 42.5. The number of methoxy groups -OCH3 is 1. The topological polar surface area (TPSA) is 125 Å². The van der Waals surface area contributed by atoms with Crippen LogP contribution < -0.4 is 20.3 Å². The van der Waals surface area contributed by atoms with Crippen LogP contribution in [0.2, 0.25) is 0 Å². The fourth-order valence-electron chi connectivity index (χ4n) is 5.52. The normalized spacial score (nSPS) is 14.9. The predicted octanol–water partition coefficient (Wildman–Crippen LogP) is 5.60. The number of nitrogens with zero attached hydrogens (tertiary/aromatic N) is 4. The van der Waals surface area contributed by atoms with E-state index in [9.17, 15) is 9.59 Å². The van der Waals surface area contributed by atoms with Crippen LogP contribution in [0.3, 0.4) is 0 Å². The van der Waals surface area contributed by atoms with Crippen molar-refractivity contribution in [2.75, 3.05) is 49.8 Å². The zero-order valence-corrected chi connectivity index (χ0v) is 25.8. The summed E-state index contributed by atoms with van der Waals surface area (Å²) in [7, 11) is 5.72. The van der Waals surface area contributed by atoms with E-state index in [4.69, 9.17) is 14.5 Å². The van der Waals surface area contributed by atoms with Gasteiger partial charge in [-0.25, -0.2) is 14.8 Å². The number of carbonyl (C=O) groups excluding carboxylic acids is 2. The molecule has 1 saturated heterocycles. The van der Waals surface area contributed by atoms with Crippen LogP contribution in [0.1, 0.15) is 37.0 Å². The molecule has 3 heterocycles. The van der Waals surface area contributed by atoms with Crippen LogP contribution in [0.5, 0.6) is 5.75 Å². The molecule has 11 heteroatoms. The third-order valence-corrected chi connectivity index (χ3v) is 7.77. The molecule has 0 saturated carbocycles. The number of aromatic amines is 1. The summed E-state index contributed by atoms with van der Waals surface area (Å²) in [5.74, 6) is -0.0816. The van der Waals surface area contributed by atoms with Gasteiger partial charge in [-0.1, -0.05) is 24.8 Å². The fraction of sp³-hybridized carbons (Fsp3) is 0.333. The van der Waals surface area contributed by atoms with E-state index in [1.165, 1.54) is 12.3 Å². The predicted molar refractivity (Wildman–Crippen MR) is 174 cm³/mol. The van der Waals surface area contributed by atoms with Crippen molar-refractivity contribution in [2.24, 2.45) is 0 Å². The van der Waals surface area contributed by atoms with Crippen LogP contribution in [-0.2, 0) is 9.53 Å². The Labute approximate surface area is 257 Å². The Kier molecular flexibility index (Phi) is 9.15. The molecular weight excluding hydrogens is 558 g/mol. The number of esters is 1. The Bertz CT molecular complexity index is 1680. The van der Waals surface area contributed by atoms with E-state index < -0.39 is 5.97 Å². The van der Waals surface area contributed by atoms with Gasteiger partial charge in [0.25, 0.3) is 0 Å². The Morgan fingerprint density at radius 1 is 1.25 bits per heavy atom. The summed E-state index contributed by atoms with van der Waals surface area (Å²) in [6.45, 7) is 9.05. The van der Waals surface area contributed by atoms with Gasteiger partial charge in [0, 0.05) is 54.6 Å². The molecule has 1 aliphatic heterocycles. The quantitative estimate of drug-likeness (QED) is 0.150. The Hall–Kier alpha value is -4.90. The van der Waals surface area contributed by atoms with Crippen LogP contribution >= 0.6 is 0 Å². The number of carbonyl (C=O) groups is 2. The number of benzene rings is 2. The minimum atomic E-state index is -0.515. The van der Waals surface area contributed by atoms with Crippen molar-refractivity contribution in [1.29, 1.82) is 0 Å². The van der Waals surface area contributed by atoms with Crippen LogP contribution in [-0.4, -0.2) is 78.2 Å². The number of rotatable bonds is 11. The number of fused-ring (bicyclic) bond motifs is 1. The zero-order chi connectivity index (χ0) is 31.4. The highest BCUT2D eigenvalue weighted by Crippen LogP contribution is 2.39. The molecule has 0 aliphatic carbocycles. The van der Waals surface area contributed by atoms with E-state index in [2.05, 4.69) is 44.0 Å². The number of aromatic nitrogens is 3. The maximum absolute atomic E-state index is 13.1. The Balaban J connectivity index is 1.55. The molecule has 44 heavy (non-hydrogen) atoms. The number of hydrogen-bond acceptors (Lipinski definition) is 9. The SMILES string of the molecule is C=CC(=O)Nc1cc(Nc2ncc(C(=O)OC(C)C)c(-c3c[nH]c4ccccc34)n2)c(OC)cc1N(C)C[C@H]1CCCN1C. The largest absolute Gasteiger partial charge is 0.494 e. The summed E-state index contributed by atoms with van der Waals surface area (Å²) in [5, 5.41) is 7.09. The highest BCUT2D eigenvalue weighted by Gasteiger charge is 2.25. The van der Waals surface area contributed by atoms with Gasteiger partial charge in [-0.2, -0.15) is 0 Å². The molecule has 11 nitrogen and oxygen atoms in total. The van der Waals surface area contributed by atoms with Crippen LogP contribution in [0, 0.1) is 0 Å². The van der Waals surface area contributed by atoms with Crippen molar-refractivity contribution < 1.29 is 19.1 Å². The van der Waals surface area contributed by atoms with E-state index in [-0.39, 0.29) is 23.5 Å². The van der Waals surface area contributed by atoms with E-state index in [0.29, 0.717) is 28.9 Å². The number of likely N-dealkylation sites (N-methyl/N-ethyl adjacent to an activating group) is 2. The lowest BCUT2D eigenvalue weighted by atomic mass is 10.1. The van der Waals surface area contributed by atoms with Gasteiger partial charge in [0.05, 0.1) is 36.0 Å². The van der Waals surface area contributed by atoms with Gasteiger partial charge in [0.2, 0.25) is 11.9 Å². The maximum atomic E-state index is 13.1. The molecular formula is C33H39N7O4. The van der Waals surface area contributed by atoms with Gasteiger partial charge in [-0.05, 0) is 58.5 Å². The smallest absolute Gasteiger partial charge is 0.342 e. The average Bonchev–Trinajstić information content (AvgIpc) is 3.62. The Morgan fingerprint density at radius 3 is 2.75 bits per heavy atom. The molecule has 0 bridgehead atoms. The highest BCUT2D eigenvalue weighted by atomic mass is 16.5. The number of para-hydroxylation sites is 1. The number of likely N-dealkylation sites (tertiary alicyclic amines) is 1. The second-order valence-electron chi connectivity index (χ2n) is 11.2. The summed E-state index contributed by atoms with van der Waals surface area (Å²) < 4.78 is 11.3. The average molecular weight is 598 g/mol. The number of hydrogen-bond donors (Lipinski definition) is 3. The van der Waals surface area contributed by atoms with Crippen molar-refractivity contribution in [3.63, 3.8) is 0 Å². The first-order valence-electron chi connectivity index (χ1n) is 14.7. The van der Waals surface area contributed by atoms with Crippen molar-refractivity contribution in [3.05, 3.63) is 67.0 Å². The van der Waals surface area contributed by atoms with Crippen molar-refractivity contribution in [2.45, 2.75) is 38.8 Å². The zero-order valence-electron chi connectivity index (χ0n) is 25.8. The molecule has 4 aromatic rings. The molecule has 5 rings (SSSR count). The lowest BCUT2D eigenvalue weighted by Crippen LogP contribution is -2.37. The van der Waals surface area contributed by atoms with E-state index >= 15 is 0 Å². The van der Waals surface area contributed by atoms with E-state index in [1.54, 1.807) is 27.0 Å². The summed E-state index contributed by atoms with van der Waals surface area (Å²) in [5.41, 5.74) is 4.22. The summed E-state index contributed by atoms with van der Waals surface area (Å²) >= 11 is 0. The standard InChI is InChI=1S/C33H39N7O4/c1-7-30(41)36-26-15-27(29(43-6)16-28(26)40(5)19-21-11-10-14-39(21)4)37-33-35-18-24(32(42)44-20(2)3)31(38-33)23-17-34-25-13-9-8-12-22(23)25/h7-9,12-13,15-18,20-21,34H,1,10-11,14,19H2,2-6H3,(H,36,41)(H,35,37,38)/t21-/m1/s1. The van der Waals surface area contributed by atoms with Gasteiger partial charge in [-0.3, -0.25) is 4.79 Å². The summed E-state index contributed by atoms with van der Waals surface area (Å²) in [6.07, 6.45) is 6.48. The molecule has 0 unspecified atom stereocenters. The number of amides is 1. The first-order chi connectivity index (χ1) is 21.2. The molecule has 2 aromatic heterocycles. The molecule has 0 radical (unpaired) electrons. The molecule has 1 amide bonds. The van der Waals surface area contributed by atoms with Gasteiger partial charge in [0.1, 0.15) is 11.3 Å². The third-order valence-electron chi connectivity index (χ3n) is 7.77. The first-order valence-corrected chi connectivity index (χ1v) is 14.7. The molecule has 1 fully saturated rings. The molecule has 0 spiro atoms. The van der Waals surface area contributed by atoms with Crippen LogP contribution in [0.4, 0.5) is 23.0 Å². The van der Waals surface area contributed by atoms with Crippen LogP contribution in [0.25, 0.3) is 22.2 Å². The van der Waals surface area contributed by atoms with Gasteiger partial charge < -0.3 is 34.9 Å². The number of nitrogens with one attached hydrogen (secondary N) is 3. The van der Waals surface area contributed by atoms with Crippen molar-refractivity contribution in [1.82, 2.24) is 19.9 Å².